The van der Waals surface area contributed by atoms with Gasteiger partial charge in [-0.05, 0) is 31.0 Å². The SMILES string of the molecule is COC(=O)Oc1nn(CCc2ccccc2)cc1NC(=O)CSc1ccc(C)cc1. The van der Waals surface area contributed by atoms with Crippen molar-refractivity contribution >= 4 is 29.5 Å². The summed E-state index contributed by atoms with van der Waals surface area (Å²) in [5.74, 6) is -0.00266. The summed E-state index contributed by atoms with van der Waals surface area (Å²) in [6.45, 7) is 2.58. The Kier molecular flexibility index (Phi) is 7.51. The summed E-state index contributed by atoms with van der Waals surface area (Å²) in [5.41, 5.74) is 2.64. The Morgan fingerprint density at radius 1 is 1.10 bits per heavy atom. The van der Waals surface area contributed by atoms with E-state index in [1.54, 1.807) is 10.9 Å². The number of nitrogens with zero attached hydrogens (tertiary/aromatic N) is 2. The zero-order chi connectivity index (χ0) is 21.3. The van der Waals surface area contributed by atoms with Gasteiger partial charge in [0.2, 0.25) is 5.91 Å². The van der Waals surface area contributed by atoms with E-state index >= 15 is 0 Å². The number of benzene rings is 2. The molecule has 0 radical (unpaired) electrons. The highest BCUT2D eigenvalue weighted by atomic mass is 32.2. The van der Waals surface area contributed by atoms with Gasteiger partial charge in [0, 0.05) is 11.4 Å². The van der Waals surface area contributed by atoms with Gasteiger partial charge < -0.3 is 14.8 Å². The van der Waals surface area contributed by atoms with Gasteiger partial charge in [-0.3, -0.25) is 9.48 Å². The van der Waals surface area contributed by atoms with E-state index in [0.717, 1.165) is 22.4 Å². The molecule has 0 spiro atoms. The average molecular weight is 426 g/mol. The smallest absolute Gasteiger partial charge is 0.437 e. The van der Waals surface area contributed by atoms with Crippen LogP contribution in [0.5, 0.6) is 5.88 Å². The van der Waals surface area contributed by atoms with Crippen LogP contribution < -0.4 is 10.1 Å². The van der Waals surface area contributed by atoms with Crippen LogP contribution in [0.2, 0.25) is 0 Å². The van der Waals surface area contributed by atoms with Gasteiger partial charge >= 0.3 is 6.16 Å². The summed E-state index contributed by atoms with van der Waals surface area (Å²) in [7, 11) is 1.21. The predicted octanol–water partition coefficient (Wildman–Crippen LogP) is 4.31. The van der Waals surface area contributed by atoms with E-state index in [2.05, 4.69) is 15.2 Å². The molecule has 1 amide bonds. The highest BCUT2D eigenvalue weighted by Gasteiger charge is 2.17. The molecule has 0 aliphatic heterocycles. The molecule has 0 aliphatic carbocycles. The number of carbonyl (C=O) groups excluding carboxylic acids is 2. The van der Waals surface area contributed by atoms with Crippen molar-refractivity contribution in [3.05, 3.63) is 71.9 Å². The second kappa shape index (κ2) is 10.5. The fraction of sp³-hybridized carbons (Fsp3) is 0.227. The van der Waals surface area contributed by atoms with Crippen molar-refractivity contribution in [2.24, 2.45) is 0 Å². The van der Waals surface area contributed by atoms with Gasteiger partial charge in [-0.15, -0.1) is 16.9 Å². The lowest BCUT2D eigenvalue weighted by Gasteiger charge is -2.05. The average Bonchev–Trinajstić information content (AvgIpc) is 3.13. The van der Waals surface area contributed by atoms with E-state index in [1.807, 2.05) is 61.5 Å². The molecule has 0 aliphatic rings. The number of methoxy groups -OCH3 is 1. The summed E-state index contributed by atoms with van der Waals surface area (Å²) >= 11 is 1.42. The normalized spacial score (nSPS) is 10.5. The van der Waals surface area contributed by atoms with Gasteiger partial charge in [0.1, 0.15) is 5.69 Å². The molecule has 1 heterocycles. The number of aromatic nitrogens is 2. The van der Waals surface area contributed by atoms with Crippen LogP contribution in [0.15, 0.2) is 65.7 Å². The second-order valence-electron chi connectivity index (χ2n) is 6.55. The Bertz CT molecular complexity index is 987. The first-order chi connectivity index (χ1) is 14.5. The molecule has 0 atom stereocenters. The van der Waals surface area contributed by atoms with E-state index in [1.165, 1.54) is 18.9 Å². The Morgan fingerprint density at radius 3 is 2.53 bits per heavy atom. The molecule has 0 saturated heterocycles. The van der Waals surface area contributed by atoms with Crippen molar-refractivity contribution < 1.29 is 19.1 Å². The number of ether oxygens (including phenoxy) is 2. The molecular weight excluding hydrogens is 402 g/mol. The molecule has 8 heteroatoms. The van der Waals surface area contributed by atoms with Gasteiger partial charge in [0.15, 0.2) is 0 Å². The number of hydrogen-bond donors (Lipinski definition) is 1. The number of thioether (sulfide) groups is 1. The van der Waals surface area contributed by atoms with E-state index < -0.39 is 6.16 Å². The lowest BCUT2D eigenvalue weighted by Crippen LogP contribution is -2.15. The van der Waals surface area contributed by atoms with Crippen LogP contribution in [0, 0.1) is 6.92 Å². The van der Waals surface area contributed by atoms with Crippen LogP contribution in [0.25, 0.3) is 0 Å². The van der Waals surface area contributed by atoms with E-state index in [-0.39, 0.29) is 17.5 Å². The van der Waals surface area contributed by atoms with E-state index in [9.17, 15) is 9.59 Å². The molecule has 7 nitrogen and oxygen atoms in total. The Balaban J connectivity index is 1.64. The molecule has 1 N–H and O–H groups in total. The second-order valence-corrected chi connectivity index (χ2v) is 7.60. The molecule has 2 aromatic carbocycles. The van der Waals surface area contributed by atoms with Crippen LogP contribution in [-0.4, -0.2) is 34.7 Å². The third-order valence-corrected chi connectivity index (χ3v) is 5.22. The monoisotopic (exact) mass is 425 g/mol. The number of nitrogens with one attached hydrogen (secondary N) is 1. The van der Waals surface area contributed by atoms with Crippen LogP contribution in [-0.2, 0) is 22.5 Å². The van der Waals surface area contributed by atoms with Crippen LogP contribution in [0.1, 0.15) is 11.1 Å². The maximum absolute atomic E-state index is 12.4. The molecule has 30 heavy (non-hydrogen) atoms. The Hall–Kier alpha value is -3.26. The number of carbonyl (C=O) groups is 2. The minimum absolute atomic E-state index is 0.00333. The molecule has 0 bridgehead atoms. The molecule has 3 aromatic rings. The fourth-order valence-electron chi connectivity index (χ4n) is 2.66. The van der Waals surface area contributed by atoms with Gasteiger partial charge in [0.05, 0.1) is 19.1 Å². The summed E-state index contributed by atoms with van der Waals surface area (Å²) in [6, 6.07) is 17.9. The fourth-order valence-corrected chi connectivity index (χ4v) is 3.36. The van der Waals surface area contributed by atoms with Crippen molar-refractivity contribution in [2.75, 3.05) is 18.2 Å². The number of aryl methyl sites for hydroxylation is 3. The van der Waals surface area contributed by atoms with Gasteiger partial charge in [0.25, 0.3) is 5.88 Å². The first-order valence-electron chi connectivity index (χ1n) is 9.40. The minimum atomic E-state index is -0.896. The molecule has 0 saturated carbocycles. The topological polar surface area (TPSA) is 82.4 Å². The Morgan fingerprint density at radius 2 is 1.83 bits per heavy atom. The van der Waals surface area contributed by atoms with E-state index in [0.29, 0.717) is 12.2 Å². The standard InChI is InChI=1S/C22H23N3O4S/c1-16-8-10-18(11-9-16)30-15-20(26)23-19-14-25(24-21(19)29-22(27)28-2)13-12-17-6-4-3-5-7-17/h3-11,14H,12-13,15H2,1-2H3,(H,23,26). The molecule has 1 aromatic heterocycles. The lowest BCUT2D eigenvalue weighted by atomic mass is 10.1. The predicted molar refractivity (Wildman–Crippen MR) is 116 cm³/mol. The number of amides is 1. The summed E-state index contributed by atoms with van der Waals surface area (Å²) in [5, 5.41) is 7.03. The quantitative estimate of drug-likeness (QED) is 0.428. The van der Waals surface area contributed by atoms with E-state index in [4.69, 9.17) is 4.74 Å². The number of anilines is 1. The maximum Gasteiger partial charge on any atom is 0.515 e. The van der Waals surface area contributed by atoms with Crippen molar-refractivity contribution in [1.29, 1.82) is 0 Å². The third-order valence-electron chi connectivity index (χ3n) is 4.21. The molecule has 0 unspecified atom stereocenters. The van der Waals surface area contributed by atoms with Gasteiger partial charge in [-0.2, -0.15) is 0 Å². The van der Waals surface area contributed by atoms with Crippen LogP contribution in [0.4, 0.5) is 10.5 Å². The van der Waals surface area contributed by atoms with Gasteiger partial charge in [-0.1, -0.05) is 48.0 Å². The van der Waals surface area contributed by atoms with Gasteiger partial charge in [-0.25, -0.2) is 4.79 Å². The molecule has 0 fully saturated rings. The third kappa shape index (κ3) is 6.38. The highest BCUT2D eigenvalue weighted by Crippen LogP contribution is 2.24. The van der Waals surface area contributed by atoms with Crippen molar-refractivity contribution in [3.8, 4) is 5.88 Å². The van der Waals surface area contributed by atoms with Crippen molar-refractivity contribution in [2.45, 2.75) is 24.8 Å². The van der Waals surface area contributed by atoms with Crippen LogP contribution in [0.3, 0.4) is 0 Å². The number of rotatable bonds is 8. The van der Waals surface area contributed by atoms with Crippen molar-refractivity contribution in [3.63, 3.8) is 0 Å². The zero-order valence-electron chi connectivity index (χ0n) is 16.8. The first kappa shape index (κ1) is 21.4. The number of hydrogen-bond acceptors (Lipinski definition) is 6. The van der Waals surface area contributed by atoms with Crippen molar-refractivity contribution in [1.82, 2.24) is 9.78 Å². The molecule has 156 valence electrons. The first-order valence-corrected chi connectivity index (χ1v) is 10.4. The van der Waals surface area contributed by atoms with Crippen LogP contribution >= 0.6 is 11.8 Å². The maximum atomic E-state index is 12.4. The zero-order valence-corrected chi connectivity index (χ0v) is 17.6. The molecule has 3 rings (SSSR count). The minimum Gasteiger partial charge on any atom is -0.437 e. The molecular formula is C22H23N3O4S. The highest BCUT2D eigenvalue weighted by molar-refractivity contribution is 8.00. The summed E-state index contributed by atoms with van der Waals surface area (Å²) < 4.78 is 11.3. The summed E-state index contributed by atoms with van der Waals surface area (Å²) in [6.07, 6.45) is 1.50. The summed E-state index contributed by atoms with van der Waals surface area (Å²) in [4.78, 5) is 24.9. The lowest BCUT2D eigenvalue weighted by molar-refractivity contribution is -0.113. The Labute approximate surface area is 179 Å². The largest absolute Gasteiger partial charge is 0.515 e.